The third-order valence-electron chi connectivity index (χ3n) is 3.78. The SMILES string of the molecule is Cc1ncc(NCC2(CC(=O)O)CCC2)nc1C. The van der Waals surface area contributed by atoms with E-state index < -0.39 is 5.97 Å². The van der Waals surface area contributed by atoms with Crippen molar-refractivity contribution in [1.29, 1.82) is 0 Å². The van der Waals surface area contributed by atoms with E-state index in [4.69, 9.17) is 5.11 Å². The van der Waals surface area contributed by atoms with Crippen molar-refractivity contribution in [2.45, 2.75) is 39.5 Å². The molecule has 0 radical (unpaired) electrons. The maximum Gasteiger partial charge on any atom is 0.303 e. The molecule has 18 heavy (non-hydrogen) atoms. The van der Waals surface area contributed by atoms with Gasteiger partial charge in [0.2, 0.25) is 0 Å². The van der Waals surface area contributed by atoms with Crippen LogP contribution in [0.4, 0.5) is 5.82 Å². The number of carbonyl (C=O) groups is 1. The summed E-state index contributed by atoms with van der Waals surface area (Å²) >= 11 is 0. The first-order valence-electron chi connectivity index (χ1n) is 6.27. The summed E-state index contributed by atoms with van der Waals surface area (Å²) in [5.41, 5.74) is 1.73. The van der Waals surface area contributed by atoms with Crippen molar-refractivity contribution in [3.05, 3.63) is 17.6 Å². The van der Waals surface area contributed by atoms with Crippen molar-refractivity contribution in [2.24, 2.45) is 5.41 Å². The van der Waals surface area contributed by atoms with E-state index in [0.29, 0.717) is 6.54 Å². The minimum atomic E-state index is -0.720. The summed E-state index contributed by atoms with van der Waals surface area (Å²) in [6.45, 7) is 4.50. The first-order valence-corrected chi connectivity index (χ1v) is 6.27. The maximum atomic E-state index is 10.9. The fourth-order valence-corrected chi connectivity index (χ4v) is 2.32. The number of aryl methyl sites for hydroxylation is 2. The fourth-order valence-electron chi connectivity index (χ4n) is 2.32. The molecule has 0 unspecified atom stereocenters. The summed E-state index contributed by atoms with van der Waals surface area (Å²) in [6, 6.07) is 0. The van der Waals surface area contributed by atoms with Crippen molar-refractivity contribution >= 4 is 11.8 Å². The third kappa shape index (κ3) is 2.78. The molecule has 5 nitrogen and oxygen atoms in total. The van der Waals surface area contributed by atoms with E-state index in [0.717, 1.165) is 36.5 Å². The summed E-state index contributed by atoms with van der Waals surface area (Å²) in [4.78, 5) is 19.5. The van der Waals surface area contributed by atoms with Gasteiger partial charge in [-0.1, -0.05) is 6.42 Å². The lowest BCUT2D eigenvalue weighted by molar-refractivity contribution is -0.141. The smallest absolute Gasteiger partial charge is 0.303 e. The average Bonchev–Trinajstić information content (AvgIpc) is 2.26. The number of carboxylic acid groups (broad SMARTS) is 1. The Labute approximate surface area is 107 Å². The van der Waals surface area contributed by atoms with Gasteiger partial charge in [0.05, 0.1) is 24.0 Å². The molecule has 0 amide bonds. The standard InChI is InChI=1S/C13H19N3O2/c1-9-10(2)16-11(7-14-9)15-8-13(4-3-5-13)6-12(17)18/h7H,3-6,8H2,1-2H3,(H,15,16)(H,17,18). The van der Waals surface area contributed by atoms with Crippen LogP contribution >= 0.6 is 0 Å². The molecule has 0 bridgehead atoms. The largest absolute Gasteiger partial charge is 0.481 e. The number of hydrogen-bond donors (Lipinski definition) is 2. The Morgan fingerprint density at radius 2 is 2.17 bits per heavy atom. The summed E-state index contributed by atoms with van der Waals surface area (Å²) in [5, 5.41) is 12.2. The van der Waals surface area contributed by atoms with Crippen LogP contribution in [-0.4, -0.2) is 27.6 Å². The normalized spacial score (nSPS) is 17.0. The zero-order valence-corrected chi connectivity index (χ0v) is 10.9. The van der Waals surface area contributed by atoms with E-state index in [-0.39, 0.29) is 11.8 Å². The Morgan fingerprint density at radius 1 is 1.44 bits per heavy atom. The van der Waals surface area contributed by atoms with Crippen LogP contribution in [0.5, 0.6) is 0 Å². The molecule has 1 aliphatic carbocycles. The lowest BCUT2D eigenvalue weighted by Crippen LogP contribution is -2.38. The second-order valence-electron chi connectivity index (χ2n) is 5.20. The minimum Gasteiger partial charge on any atom is -0.481 e. The zero-order valence-electron chi connectivity index (χ0n) is 10.9. The summed E-state index contributed by atoms with van der Waals surface area (Å²) in [5.74, 6) is 0.0115. The number of aliphatic carboxylic acids is 1. The van der Waals surface area contributed by atoms with Gasteiger partial charge in [0.1, 0.15) is 5.82 Å². The monoisotopic (exact) mass is 249 g/mol. The second-order valence-corrected chi connectivity index (χ2v) is 5.20. The molecule has 1 heterocycles. The van der Waals surface area contributed by atoms with Crippen LogP contribution in [0.15, 0.2) is 6.20 Å². The molecule has 2 rings (SSSR count). The van der Waals surface area contributed by atoms with Crippen molar-refractivity contribution < 1.29 is 9.90 Å². The van der Waals surface area contributed by atoms with Crippen LogP contribution in [-0.2, 0) is 4.79 Å². The molecule has 0 aliphatic heterocycles. The summed E-state index contributed by atoms with van der Waals surface area (Å²) in [7, 11) is 0. The molecule has 1 aromatic rings. The van der Waals surface area contributed by atoms with Crippen LogP contribution in [0.25, 0.3) is 0 Å². The first-order chi connectivity index (χ1) is 8.51. The number of carboxylic acids is 1. The van der Waals surface area contributed by atoms with Gasteiger partial charge in [0.15, 0.2) is 0 Å². The number of rotatable bonds is 5. The van der Waals surface area contributed by atoms with Crippen molar-refractivity contribution in [3.63, 3.8) is 0 Å². The van der Waals surface area contributed by atoms with E-state index in [1.807, 2.05) is 13.8 Å². The Bertz CT molecular complexity index is 456. The van der Waals surface area contributed by atoms with Crippen LogP contribution in [0, 0.1) is 19.3 Å². The number of nitrogens with one attached hydrogen (secondary N) is 1. The van der Waals surface area contributed by atoms with Gasteiger partial charge in [-0.3, -0.25) is 9.78 Å². The van der Waals surface area contributed by atoms with Gasteiger partial charge < -0.3 is 10.4 Å². The molecule has 1 fully saturated rings. The molecule has 2 N–H and O–H groups in total. The topological polar surface area (TPSA) is 75.1 Å². The number of anilines is 1. The molecular formula is C13H19N3O2. The van der Waals surface area contributed by atoms with Crippen molar-refractivity contribution in [2.75, 3.05) is 11.9 Å². The van der Waals surface area contributed by atoms with Crippen LogP contribution in [0.1, 0.15) is 37.1 Å². The third-order valence-corrected chi connectivity index (χ3v) is 3.78. The van der Waals surface area contributed by atoms with E-state index in [9.17, 15) is 4.79 Å². The van der Waals surface area contributed by atoms with Crippen molar-refractivity contribution in [3.8, 4) is 0 Å². The van der Waals surface area contributed by atoms with Gasteiger partial charge in [0.25, 0.3) is 0 Å². The van der Waals surface area contributed by atoms with Gasteiger partial charge in [-0.05, 0) is 32.1 Å². The van der Waals surface area contributed by atoms with Crippen LogP contribution < -0.4 is 5.32 Å². The number of nitrogens with zero attached hydrogens (tertiary/aromatic N) is 2. The Balaban J connectivity index is 1.97. The van der Waals surface area contributed by atoms with Gasteiger partial charge in [-0.2, -0.15) is 0 Å². The van der Waals surface area contributed by atoms with Gasteiger partial charge in [0, 0.05) is 6.54 Å². The quantitative estimate of drug-likeness (QED) is 0.836. The lowest BCUT2D eigenvalue weighted by Gasteiger charge is -2.41. The molecule has 0 spiro atoms. The van der Waals surface area contributed by atoms with E-state index in [1.165, 1.54) is 0 Å². The van der Waals surface area contributed by atoms with E-state index >= 15 is 0 Å². The van der Waals surface area contributed by atoms with Crippen molar-refractivity contribution in [1.82, 2.24) is 9.97 Å². The minimum absolute atomic E-state index is 0.0910. The molecule has 0 atom stereocenters. The zero-order chi connectivity index (χ0) is 13.2. The van der Waals surface area contributed by atoms with E-state index in [2.05, 4.69) is 15.3 Å². The highest BCUT2D eigenvalue weighted by atomic mass is 16.4. The molecule has 0 saturated heterocycles. The summed E-state index contributed by atoms with van der Waals surface area (Å²) < 4.78 is 0. The predicted molar refractivity (Wildman–Crippen MR) is 68.5 cm³/mol. The van der Waals surface area contributed by atoms with Crippen LogP contribution in [0.2, 0.25) is 0 Å². The Kier molecular flexibility index (Phi) is 3.50. The molecule has 1 saturated carbocycles. The molecular weight excluding hydrogens is 230 g/mol. The Hall–Kier alpha value is -1.65. The highest BCUT2D eigenvalue weighted by Crippen LogP contribution is 2.43. The molecule has 1 aromatic heterocycles. The molecule has 1 aliphatic rings. The highest BCUT2D eigenvalue weighted by molar-refractivity contribution is 5.68. The predicted octanol–water partition coefficient (Wildman–Crippen LogP) is 2.15. The lowest BCUT2D eigenvalue weighted by atomic mass is 9.66. The summed E-state index contributed by atoms with van der Waals surface area (Å²) in [6.07, 6.45) is 5.01. The first kappa shape index (κ1) is 12.8. The molecule has 5 heteroatoms. The molecule has 98 valence electrons. The number of hydrogen-bond acceptors (Lipinski definition) is 4. The van der Waals surface area contributed by atoms with Gasteiger partial charge in [-0.15, -0.1) is 0 Å². The maximum absolute atomic E-state index is 10.9. The van der Waals surface area contributed by atoms with E-state index in [1.54, 1.807) is 6.20 Å². The Morgan fingerprint density at radius 3 is 2.67 bits per heavy atom. The molecule has 0 aromatic carbocycles. The van der Waals surface area contributed by atoms with Crippen LogP contribution in [0.3, 0.4) is 0 Å². The average molecular weight is 249 g/mol. The van der Waals surface area contributed by atoms with Gasteiger partial charge in [-0.25, -0.2) is 4.98 Å². The highest BCUT2D eigenvalue weighted by Gasteiger charge is 2.38. The van der Waals surface area contributed by atoms with Gasteiger partial charge >= 0.3 is 5.97 Å². The number of aromatic nitrogens is 2. The fraction of sp³-hybridized carbons (Fsp3) is 0.615. The second kappa shape index (κ2) is 4.92.